The minimum atomic E-state index is 0.121. The number of carbonyl (C=O) groups excluding carboxylic acids is 1. The zero-order chi connectivity index (χ0) is 14.5. The molecule has 3 heteroatoms. The SMILES string of the molecule is O=C(CC1CCCCC1)NCC1Cc2ccccc2CO1. The second-order valence-corrected chi connectivity index (χ2v) is 6.42. The highest BCUT2D eigenvalue weighted by Gasteiger charge is 2.21. The molecule has 1 fully saturated rings. The van der Waals surface area contributed by atoms with Gasteiger partial charge in [0.25, 0.3) is 0 Å². The van der Waals surface area contributed by atoms with Crippen molar-refractivity contribution in [3.8, 4) is 0 Å². The van der Waals surface area contributed by atoms with Crippen LogP contribution in [0.25, 0.3) is 0 Å². The number of ether oxygens (including phenoxy) is 1. The zero-order valence-electron chi connectivity index (χ0n) is 12.6. The number of fused-ring (bicyclic) bond motifs is 1. The Balaban J connectivity index is 1.42. The number of amides is 1. The van der Waals surface area contributed by atoms with E-state index in [4.69, 9.17) is 4.74 Å². The van der Waals surface area contributed by atoms with Crippen molar-refractivity contribution in [3.05, 3.63) is 35.4 Å². The van der Waals surface area contributed by atoms with Gasteiger partial charge in [-0.3, -0.25) is 4.79 Å². The van der Waals surface area contributed by atoms with Crippen LogP contribution in [0.2, 0.25) is 0 Å². The van der Waals surface area contributed by atoms with Crippen molar-refractivity contribution in [1.29, 1.82) is 0 Å². The van der Waals surface area contributed by atoms with E-state index in [9.17, 15) is 4.79 Å². The van der Waals surface area contributed by atoms with E-state index in [0.717, 1.165) is 6.42 Å². The standard InChI is InChI=1S/C18H25NO2/c20-18(10-14-6-2-1-3-7-14)19-12-17-11-15-8-4-5-9-16(15)13-21-17/h4-5,8-9,14,17H,1-3,6-7,10-13H2,(H,19,20). The van der Waals surface area contributed by atoms with Crippen molar-refractivity contribution in [2.75, 3.05) is 6.54 Å². The molecule has 1 amide bonds. The molecule has 21 heavy (non-hydrogen) atoms. The average Bonchev–Trinajstić information content (AvgIpc) is 2.54. The normalized spacial score (nSPS) is 22.6. The Hall–Kier alpha value is -1.35. The number of nitrogens with one attached hydrogen (secondary N) is 1. The van der Waals surface area contributed by atoms with Gasteiger partial charge < -0.3 is 10.1 Å². The second kappa shape index (κ2) is 7.08. The van der Waals surface area contributed by atoms with E-state index in [1.165, 1.54) is 43.2 Å². The van der Waals surface area contributed by atoms with Crippen LogP contribution in [-0.2, 0) is 22.6 Å². The quantitative estimate of drug-likeness (QED) is 0.923. The zero-order valence-corrected chi connectivity index (χ0v) is 12.6. The number of hydrogen-bond acceptors (Lipinski definition) is 2. The lowest BCUT2D eigenvalue weighted by molar-refractivity contribution is -0.123. The van der Waals surface area contributed by atoms with E-state index < -0.39 is 0 Å². The van der Waals surface area contributed by atoms with Crippen molar-refractivity contribution in [3.63, 3.8) is 0 Å². The van der Waals surface area contributed by atoms with Crippen molar-refractivity contribution < 1.29 is 9.53 Å². The molecule has 0 aromatic heterocycles. The van der Waals surface area contributed by atoms with E-state index in [1.807, 2.05) is 0 Å². The van der Waals surface area contributed by atoms with Crippen LogP contribution >= 0.6 is 0 Å². The van der Waals surface area contributed by atoms with Gasteiger partial charge in [0.2, 0.25) is 5.91 Å². The minimum Gasteiger partial charge on any atom is -0.371 e. The maximum absolute atomic E-state index is 12.0. The van der Waals surface area contributed by atoms with E-state index in [1.54, 1.807) is 0 Å². The van der Waals surface area contributed by atoms with Crippen LogP contribution in [-0.4, -0.2) is 18.6 Å². The Morgan fingerprint density at radius 2 is 1.90 bits per heavy atom. The van der Waals surface area contributed by atoms with Gasteiger partial charge in [-0.25, -0.2) is 0 Å². The van der Waals surface area contributed by atoms with Crippen LogP contribution in [0.1, 0.15) is 49.7 Å². The molecule has 1 unspecified atom stereocenters. The van der Waals surface area contributed by atoms with Crippen molar-refractivity contribution in [1.82, 2.24) is 5.32 Å². The summed E-state index contributed by atoms with van der Waals surface area (Å²) in [4.78, 5) is 12.0. The first-order valence-electron chi connectivity index (χ1n) is 8.26. The lowest BCUT2D eigenvalue weighted by Gasteiger charge is -2.26. The maximum Gasteiger partial charge on any atom is 0.220 e. The summed E-state index contributed by atoms with van der Waals surface area (Å²) in [5.74, 6) is 0.802. The topological polar surface area (TPSA) is 38.3 Å². The van der Waals surface area contributed by atoms with Crippen molar-refractivity contribution in [2.24, 2.45) is 5.92 Å². The molecule has 0 radical (unpaired) electrons. The van der Waals surface area contributed by atoms with Gasteiger partial charge >= 0.3 is 0 Å². The maximum atomic E-state index is 12.0. The number of rotatable bonds is 4. The van der Waals surface area contributed by atoms with Crippen molar-refractivity contribution >= 4 is 5.91 Å². The fourth-order valence-electron chi connectivity index (χ4n) is 3.49. The predicted octanol–water partition coefficient (Wildman–Crippen LogP) is 3.21. The number of carbonyl (C=O) groups is 1. The largest absolute Gasteiger partial charge is 0.371 e. The first-order chi connectivity index (χ1) is 10.3. The molecule has 1 atom stereocenters. The Morgan fingerprint density at radius 3 is 2.71 bits per heavy atom. The van der Waals surface area contributed by atoms with Gasteiger partial charge in [-0.1, -0.05) is 43.5 Å². The monoisotopic (exact) mass is 287 g/mol. The molecule has 1 saturated carbocycles. The summed E-state index contributed by atoms with van der Waals surface area (Å²) in [6, 6.07) is 8.40. The highest BCUT2D eigenvalue weighted by Crippen LogP contribution is 2.26. The average molecular weight is 287 g/mol. The van der Waals surface area contributed by atoms with Crippen LogP contribution < -0.4 is 5.32 Å². The molecule has 1 aliphatic carbocycles. The second-order valence-electron chi connectivity index (χ2n) is 6.42. The summed E-state index contributed by atoms with van der Waals surface area (Å²) in [6.45, 7) is 1.30. The van der Waals surface area contributed by atoms with E-state index in [0.29, 0.717) is 25.5 Å². The van der Waals surface area contributed by atoms with E-state index >= 15 is 0 Å². The number of hydrogen-bond donors (Lipinski definition) is 1. The molecule has 1 aromatic rings. The fraction of sp³-hybridized carbons (Fsp3) is 0.611. The summed E-state index contributed by atoms with van der Waals surface area (Å²) in [5, 5.41) is 3.07. The Morgan fingerprint density at radius 1 is 1.14 bits per heavy atom. The molecule has 114 valence electrons. The third kappa shape index (κ3) is 4.07. The first-order valence-corrected chi connectivity index (χ1v) is 8.26. The molecule has 2 aliphatic rings. The predicted molar refractivity (Wildman–Crippen MR) is 82.9 cm³/mol. The summed E-state index contributed by atoms with van der Waals surface area (Å²) in [5.41, 5.74) is 2.64. The Labute approximate surface area is 127 Å². The summed E-state index contributed by atoms with van der Waals surface area (Å²) >= 11 is 0. The highest BCUT2D eigenvalue weighted by atomic mass is 16.5. The Kier molecular flexibility index (Phi) is 4.91. The Bertz CT molecular complexity index is 480. The third-order valence-corrected chi connectivity index (χ3v) is 4.77. The molecule has 1 aliphatic heterocycles. The van der Waals surface area contributed by atoms with Gasteiger partial charge in [0.05, 0.1) is 12.7 Å². The van der Waals surface area contributed by atoms with Crippen LogP contribution in [0, 0.1) is 5.92 Å². The molecule has 0 spiro atoms. The van der Waals surface area contributed by atoms with Crippen LogP contribution in [0.15, 0.2) is 24.3 Å². The van der Waals surface area contributed by atoms with Crippen LogP contribution in [0.3, 0.4) is 0 Å². The van der Waals surface area contributed by atoms with Gasteiger partial charge in [0, 0.05) is 19.4 Å². The molecule has 3 nitrogen and oxygen atoms in total. The molecule has 0 saturated heterocycles. The molecule has 0 bridgehead atoms. The number of benzene rings is 1. The van der Waals surface area contributed by atoms with Gasteiger partial charge in [-0.05, 0) is 29.9 Å². The molecule has 1 N–H and O–H groups in total. The molecular weight excluding hydrogens is 262 g/mol. The highest BCUT2D eigenvalue weighted by molar-refractivity contribution is 5.76. The first kappa shape index (κ1) is 14.6. The van der Waals surface area contributed by atoms with Gasteiger partial charge in [0.1, 0.15) is 0 Å². The summed E-state index contributed by atoms with van der Waals surface area (Å²) in [7, 11) is 0. The van der Waals surface area contributed by atoms with Crippen LogP contribution in [0.5, 0.6) is 0 Å². The summed E-state index contributed by atoms with van der Waals surface area (Å²) < 4.78 is 5.83. The minimum absolute atomic E-state index is 0.121. The molecule has 1 aromatic carbocycles. The summed E-state index contributed by atoms with van der Waals surface area (Å²) in [6.07, 6.45) is 8.09. The van der Waals surface area contributed by atoms with E-state index in [-0.39, 0.29) is 12.0 Å². The molecule has 3 rings (SSSR count). The van der Waals surface area contributed by atoms with Gasteiger partial charge in [-0.15, -0.1) is 0 Å². The smallest absolute Gasteiger partial charge is 0.220 e. The van der Waals surface area contributed by atoms with Crippen molar-refractivity contribution in [2.45, 2.75) is 57.7 Å². The van der Waals surface area contributed by atoms with Gasteiger partial charge in [0.15, 0.2) is 0 Å². The van der Waals surface area contributed by atoms with Crippen LogP contribution in [0.4, 0.5) is 0 Å². The molecular formula is C18H25NO2. The van der Waals surface area contributed by atoms with Gasteiger partial charge in [-0.2, -0.15) is 0 Å². The third-order valence-electron chi connectivity index (χ3n) is 4.77. The lowest BCUT2D eigenvalue weighted by atomic mass is 9.87. The molecule has 1 heterocycles. The fourth-order valence-corrected chi connectivity index (χ4v) is 3.49. The van der Waals surface area contributed by atoms with E-state index in [2.05, 4.69) is 29.6 Å². The lowest BCUT2D eigenvalue weighted by Crippen LogP contribution is -2.37.